The summed E-state index contributed by atoms with van der Waals surface area (Å²) in [6.45, 7) is 8.64. The van der Waals surface area contributed by atoms with E-state index in [0.717, 1.165) is 19.0 Å². The molecule has 0 aromatic carbocycles. The fourth-order valence-corrected chi connectivity index (χ4v) is 4.12. The van der Waals surface area contributed by atoms with E-state index in [1.165, 1.54) is 51.4 Å². The lowest BCUT2D eigenvalue weighted by Gasteiger charge is -2.37. The highest BCUT2D eigenvalue weighted by Gasteiger charge is 2.30. The van der Waals surface area contributed by atoms with Crippen molar-refractivity contribution in [2.24, 2.45) is 11.8 Å². The van der Waals surface area contributed by atoms with Crippen LogP contribution >= 0.6 is 0 Å². The Hall–Kier alpha value is -0.570. The van der Waals surface area contributed by atoms with E-state index in [2.05, 4.69) is 31.0 Å². The van der Waals surface area contributed by atoms with Crippen LogP contribution in [-0.2, 0) is 4.79 Å². The number of likely N-dealkylation sites (tertiary alicyclic amines) is 1. The van der Waals surface area contributed by atoms with E-state index < -0.39 is 0 Å². The summed E-state index contributed by atoms with van der Waals surface area (Å²) >= 11 is 0. The SMILES string of the molecule is CC(NC1CCCCC1C(C)C)C(=O)N1CCCCCC1. The van der Waals surface area contributed by atoms with Gasteiger partial charge in [-0.25, -0.2) is 0 Å². The van der Waals surface area contributed by atoms with Crippen LogP contribution in [0.5, 0.6) is 0 Å². The van der Waals surface area contributed by atoms with Crippen LogP contribution in [0.15, 0.2) is 0 Å². The first-order valence-corrected chi connectivity index (χ1v) is 9.14. The Kier molecular flexibility index (Phi) is 6.53. The summed E-state index contributed by atoms with van der Waals surface area (Å²) in [5.74, 6) is 1.77. The maximum atomic E-state index is 12.7. The Balaban J connectivity index is 1.89. The van der Waals surface area contributed by atoms with Gasteiger partial charge in [0.15, 0.2) is 0 Å². The van der Waals surface area contributed by atoms with E-state index in [1.807, 2.05) is 0 Å². The van der Waals surface area contributed by atoms with Crippen LogP contribution in [-0.4, -0.2) is 36.0 Å². The molecule has 0 aromatic rings. The average molecular weight is 294 g/mol. The predicted octanol–water partition coefficient (Wildman–Crippen LogP) is 3.58. The zero-order chi connectivity index (χ0) is 15.2. The summed E-state index contributed by atoms with van der Waals surface area (Å²) in [4.78, 5) is 14.8. The molecule has 1 saturated carbocycles. The molecule has 1 heterocycles. The van der Waals surface area contributed by atoms with Gasteiger partial charge in [-0.15, -0.1) is 0 Å². The molecule has 1 aliphatic carbocycles. The summed E-state index contributed by atoms with van der Waals surface area (Å²) in [5, 5.41) is 3.68. The molecule has 1 amide bonds. The van der Waals surface area contributed by atoms with Crippen LogP contribution in [0.3, 0.4) is 0 Å². The number of amides is 1. The van der Waals surface area contributed by atoms with Crippen molar-refractivity contribution < 1.29 is 4.79 Å². The van der Waals surface area contributed by atoms with Crippen molar-refractivity contribution in [3.05, 3.63) is 0 Å². The van der Waals surface area contributed by atoms with Crippen molar-refractivity contribution in [1.82, 2.24) is 10.2 Å². The zero-order valence-electron chi connectivity index (χ0n) is 14.2. The van der Waals surface area contributed by atoms with Gasteiger partial charge < -0.3 is 10.2 Å². The van der Waals surface area contributed by atoms with Crippen molar-refractivity contribution in [2.75, 3.05) is 13.1 Å². The molecule has 2 rings (SSSR count). The van der Waals surface area contributed by atoms with Crippen LogP contribution in [0.25, 0.3) is 0 Å². The normalized spacial score (nSPS) is 29.2. The van der Waals surface area contributed by atoms with Gasteiger partial charge in [-0.1, -0.05) is 39.5 Å². The van der Waals surface area contributed by atoms with Crippen molar-refractivity contribution >= 4 is 5.91 Å². The maximum Gasteiger partial charge on any atom is 0.239 e. The molecule has 122 valence electrons. The van der Waals surface area contributed by atoms with E-state index in [4.69, 9.17) is 0 Å². The van der Waals surface area contributed by atoms with Gasteiger partial charge in [-0.05, 0) is 44.4 Å². The lowest BCUT2D eigenvalue weighted by Crippen LogP contribution is -2.52. The van der Waals surface area contributed by atoms with Crippen LogP contribution in [0.4, 0.5) is 0 Å². The minimum Gasteiger partial charge on any atom is -0.341 e. The molecule has 1 aliphatic heterocycles. The molecule has 1 saturated heterocycles. The fourth-order valence-electron chi connectivity index (χ4n) is 4.12. The molecule has 3 heteroatoms. The number of nitrogens with zero attached hydrogens (tertiary/aromatic N) is 1. The largest absolute Gasteiger partial charge is 0.341 e. The summed E-state index contributed by atoms with van der Waals surface area (Å²) in [6, 6.07) is 0.511. The molecule has 3 atom stereocenters. The Bertz CT molecular complexity index is 321. The van der Waals surface area contributed by atoms with Crippen LogP contribution in [0, 0.1) is 11.8 Å². The quantitative estimate of drug-likeness (QED) is 0.859. The second-order valence-electron chi connectivity index (χ2n) is 7.43. The third-order valence-electron chi connectivity index (χ3n) is 5.43. The molecule has 0 bridgehead atoms. The molecule has 2 fully saturated rings. The van der Waals surface area contributed by atoms with Gasteiger partial charge in [0, 0.05) is 19.1 Å². The highest BCUT2D eigenvalue weighted by atomic mass is 16.2. The lowest BCUT2D eigenvalue weighted by molar-refractivity contribution is -0.133. The third kappa shape index (κ3) is 4.70. The van der Waals surface area contributed by atoms with E-state index in [-0.39, 0.29) is 6.04 Å². The summed E-state index contributed by atoms with van der Waals surface area (Å²) < 4.78 is 0. The van der Waals surface area contributed by atoms with Crippen LogP contribution in [0.2, 0.25) is 0 Å². The smallest absolute Gasteiger partial charge is 0.239 e. The van der Waals surface area contributed by atoms with E-state index in [1.54, 1.807) is 0 Å². The maximum absolute atomic E-state index is 12.7. The number of rotatable bonds is 4. The fraction of sp³-hybridized carbons (Fsp3) is 0.944. The average Bonchev–Trinajstić information content (AvgIpc) is 2.75. The Morgan fingerprint density at radius 1 is 0.952 bits per heavy atom. The standard InChI is InChI=1S/C18H34N2O/c1-14(2)16-10-6-7-11-17(16)19-15(3)18(21)20-12-8-4-5-9-13-20/h14-17,19H,4-13H2,1-3H3. The first kappa shape index (κ1) is 16.8. The number of hydrogen-bond donors (Lipinski definition) is 1. The van der Waals surface area contributed by atoms with Gasteiger partial charge in [-0.3, -0.25) is 4.79 Å². The number of nitrogens with one attached hydrogen (secondary N) is 1. The van der Waals surface area contributed by atoms with E-state index >= 15 is 0 Å². The summed E-state index contributed by atoms with van der Waals surface area (Å²) in [7, 11) is 0. The monoisotopic (exact) mass is 294 g/mol. The van der Waals surface area contributed by atoms with Gasteiger partial charge >= 0.3 is 0 Å². The van der Waals surface area contributed by atoms with Crippen molar-refractivity contribution in [2.45, 2.75) is 84.2 Å². The second-order valence-corrected chi connectivity index (χ2v) is 7.43. The van der Waals surface area contributed by atoms with Gasteiger partial charge in [0.2, 0.25) is 5.91 Å². The van der Waals surface area contributed by atoms with E-state index in [9.17, 15) is 4.79 Å². The minimum absolute atomic E-state index is 0.0209. The Labute approximate surface area is 130 Å². The molecule has 2 aliphatic rings. The molecule has 1 N–H and O–H groups in total. The molecule has 21 heavy (non-hydrogen) atoms. The first-order chi connectivity index (χ1) is 10.1. The number of carbonyl (C=O) groups is 1. The minimum atomic E-state index is -0.0209. The van der Waals surface area contributed by atoms with Gasteiger partial charge in [0.1, 0.15) is 0 Å². The Morgan fingerprint density at radius 2 is 1.57 bits per heavy atom. The van der Waals surface area contributed by atoms with Gasteiger partial charge in [-0.2, -0.15) is 0 Å². The molecular weight excluding hydrogens is 260 g/mol. The predicted molar refractivity (Wildman–Crippen MR) is 88.2 cm³/mol. The molecule has 3 nitrogen and oxygen atoms in total. The molecular formula is C18H34N2O. The van der Waals surface area contributed by atoms with Gasteiger partial charge in [0.05, 0.1) is 6.04 Å². The van der Waals surface area contributed by atoms with Crippen LogP contribution < -0.4 is 5.32 Å². The molecule has 0 radical (unpaired) electrons. The highest BCUT2D eigenvalue weighted by molar-refractivity contribution is 5.81. The summed E-state index contributed by atoms with van der Waals surface area (Å²) in [5.41, 5.74) is 0. The molecule has 0 spiro atoms. The topological polar surface area (TPSA) is 32.3 Å². The van der Waals surface area contributed by atoms with Crippen molar-refractivity contribution in [1.29, 1.82) is 0 Å². The molecule has 3 unspecified atom stereocenters. The lowest BCUT2D eigenvalue weighted by atomic mass is 9.77. The first-order valence-electron chi connectivity index (χ1n) is 9.14. The van der Waals surface area contributed by atoms with Crippen molar-refractivity contribution in [3.63, 3.8) is 0 Å². The third-order valence-corrected chi connectivity index (χ3v) is 5.43. The molecule has 0 aromatic heterocycles. The second kappa shape index (κ2) is 8.17. The number of carbonyl (C=O) groups excluding carboxylic acids is 1. The van der Waals surface area contributed by atoms with Gasteiger partial charge in [0.25, 0.3) is 0 Å². The Morgan fingerprint density at radius 3 is 2.19 bits per heavy atom. The van der Waals surface area contributed by atoms with Crippen LogP contribution in [0.1, 0.15) is 72.1 Å². The number of hydrogen-bond acceptors (Lipinski definition) is 2. The van der Waals surface area contributed by atoms with E-state index in [0.29, 0.717) is 17.9 Å². The summed E-state index contributed by atoms with van der Waals surface area (Å²) in [6.07, 6.45) is 10.1. The highest BCUT2D eigenvalue weighted by Crippen LogP contribution is 2.30. The van der Waals surface area contributed by atoms with Crippen molar-refractivity contribution in [3.8, 4) is 0 Å². The zero-order valence-corrected chi connectivity index (χ0v) is 14.2.